The highest BCUT2D eigenvalue weighted by Gasteiger charge is 2.26. The van der Waals surface area contributed by atoms with Gasteiger partial charge in [0.25, 0.3) is 0 Å². The molecule has 1 amide bonds. The Kier molecular flexibility index (Phi) is 6.09. The Morgan fingerprint density at radius 3 is 2.62 bits per heavy atom. The number of carbonyl (C=O) groups is 1. The highest BCUT2D eigenvalue weighted by molar-refractivity contribution is 6.37. The van der Waals surface area contributed by atoms with Crippen LogP contribution in [0.15, 0.2) is 24.3 Å². The van der Waals surface area contributed by atoms with Gasteiger partial charge in [0.05, 0.1) is 0 Å². The third kappa shape index (κ3) is 4.47. The molecule has 1 aromatic rings. The summed E-state index contributed by atoms with van der Waals surface area (Å²) in [5, 5.41) is 13.2. The molecule has 1 aromatic carbocycles. The van der Waals surface area contributed by atoms with Crippen LogP contribution in [0.1, 0.15) is 24.8 Å². The Morgan fingerprint density at radius 2 is 1.95 bits per heavy atom. The lowest BCUT2D eigenvalue weighted by Gasteiger charge is -2.17. The van der Waals surface area contributed by atoms with Crippen molar-refractivity contribution in [2.75, 3.05) is 13.2 Å². The first-order valence-corrected chi connectivity index (χ1v) is 7.88. The van der Waals surface area contributed by atoms with E-state index in [-0.39, 0.29) is 12.5 Å². The zero-order valence-corrected chi connectivity index (χ0v) is 13.2. The maximum absolute atomic E-state index is 11.8. The number of benzene rings is 1. The minimum Gasteiger partial charge on any atom is -0.396 e. The summed E-state index contributed by atoms with van der Waals surface area (Å²) in [6, 6.07) is 5.22. The largest absolute Gasteiger partial charge is 0.396 e. The second-order valence-corrected chi connectivity index (χ2v) is 6.16. The number of rotatable bonds is 5. The molecule has 0 spiro atoms. The number of carbonyl (C=O) groups excluding carboxylic acids is 1. The lowest BCUT2D eigenvalue weighted by Crippen LogP contribution is -2.30. The lowest BCUT2D eigenvalue weighted by molar-refractivity contribution is -0.116. The van der Waals surface area contributed by atoms with Crippen molar-refractivity contribution in [2.45, 2.75) is 19.3 Å². The van der Waals surface area contributed by atoms with Gasteiger partial charge in [0.2, 0.25) is 5.91 Å². The van der Waals surface area contributed by atoms with Gasteiger partial charge < -0.3 is 10.4 Å². The van der Waals surface area contributed by atoms with Crippen LogP contribution in [-0.4, -0.2) is 24.2 Å². The smallest absolute Gasteiger partial charge is 0.244 e. The molecule has 0 saturated heterocycles. The Hall–Kier alpha value is -1.03. The molecule has 1 aliphatic carbocycles. The van der Waals surface area contributed by atoms with Crippen LogP contribution >= 0.6 is 23.2 Å². The first kappa shape index (κ1) is 16.3. The number of aliphatic hydroxyl groups excluding tert-OH is 1. The maximum Gasteiger partial charge on any atom is 0.244 e. The van der Waals surface area contributed by atoms with Crippen LogP contribution in [0.2, 0.25) is 10.0 Å². The molecule has 2 N–H and O–H groups in total. The van der Waals surface area contributed by atoms with Crippen molar-refractivity contribution >= 4 is 35.2 Å². The van der Waals surface area contributed by atoms with Crippen molar-refractivity contribution in [3.63, 3.8) is 0 Å². The summed E-state index contributed by atoms with van der Waals surface area (Å²) in [5.74, 6) is 0.512. The molecule has 0 heterocycles. The monoisotopic (exact) mass is 327 g/mol. The van der Waals surface area contributed by atoms with Gasteiger partial charge in [-0.05, 0) is 42.9 Å². The fourth-order valence-corrected chi connectivity index (χ4v) is 3.27. The Balaban J connectivity index is 1.88. The van der Waals surface area contributed by atoms with Crippen molar-refractivity contribution in [3.8, 4) is 0 Å². The molecule has 2 unspecified atom stereocenters. The molecule has 3 nitrogen and oxygen atoms in total. The molecule has 21 heavy (non-hydrogen) atoms. The molecule has 114 valence electrons. The first-order chi connectivity index (χ1) is 10.1. The van der Waals surface area contributed by atoms with E-state index in [1.807, 2.05) is 0 Å². The molecule has 0 bridgehead atoms. The van der Waals surface area contributed by atoms with Gasteiger partial charge in [0, 0.05) is 34.8 Å². The summed E-state index contributed by atoms with van der Waals surface area (Å²) in [6.45, 7) is 0.802. The van der Waals surface area contributed by atoms with E-state index < -0.39 is 0 Å². The van der Waals surface area contributed by atoms with Crippen LogP contribution in [0.4, 0.5) is 0 Å². The van der Waals surface area contributed by atoms with E-state index in [4.69, 9.17) is 23.2 Å². The molecule has 0 aromatic heterocycles. The molecular formula is C16H19Cl2NO2. The summed E-state index contributed by atoms with van der Waals surface area (Å²) in [6.07, 6.45) is 6.29. The van der Waals surface area contributed by atoms with Crippen LogP contribution in [0.25, 0.3) is 6.08 Å². The maximum atomic E-state index is 11.8. The van der Waals surface area contributed by atoms with Crippen LogP contribution in [0, 0.1) is 11.8 Å². The lowest BCUT2D eigenvalue weighted by atomic mass is 9.97. The average Bonchev–Trinajstić information content (AvgIpc) is 2.92. The third-order valence-electron chi connectivity index (χ3n) is 3.99. The molecular weight excluding hydrogens is 309 g/mol. The molecule has 1 fully saturated rings. The zero-order chi connectivity index (χ0) is 15.2. The highest BCUT2D eigenvalue weighted by Crippen LogP contribution is 2.30. The van der Waals surface area contributed by atoms with Crippen molar-refractivity contribution in [1.29, 1.82) is 0 Å². The predicted octanol–water partition coefficient (Wildman–Crippen LogP) is 3.53. The molecule has 1 saturated carbocycles. The molecule has 2 rings (SSSR count). The van der Waals surface area contributed by atoms with Crippen LogP contribution in [0.3, 0.4) is 0 Å². The average molecular weight is 328 g/mol. The Morgan fingerprint density at radius 1 is 1.29 bits per heavy atom. The predicted molar refractivity (Wildman–Crippen MR) is 86.4 cm³/mol. The molecule has 0 radical (unpaired) electrons. The van der Waals surface area contributed by atoms with E-state index in [1.54, 1.807) is 24.3 Å². The fourth-order valence-electron chi connectivity index (χ4n) is 2.74. The van der Waals surface area contributed by atoms with E-state index in [1.165, 1.54) is 6.08 Å². The molecule has 2 atom stereocenters. The second-order valence-electron chi connectivity index (χ2n) is 5.35. The molecule has 1 aliphatic rings. The highest BCUT2D eigenvalue weighted by atomic mass is 35.5. The third-order valence-corrected chi connectivity index (χ3v) is 4.65. The fraction of sp³-hybridized carbons (Fsp3) is 0.438. The molecule has 0 aliphatic heterocycles. The summed E-state index contributed by atoms with van der Waals surface area (Å²) in [7, 11) is 0. The number of hydrogen-bond acceptors (Lipinski definition) is 2. The number of aliphatic hydroxyl groups is 1. The van der Waals surface area contributed by atoms with Crippen molar-refractivity contribution in [1.82, 2.24) is 5.32 Å². The van der Waals surface area contributed by atoms with Crippen LogP contribution < -0.4 is 5.32 Å². The summed E-state index contributed by atoms with van der Waals surface area (Å²) >= 11 is 12.1. The SMILES string of the molecule is O=C(C=Cc1c(Cl)cccc1Cl)NCC1CCCC1CO. The summed E-state index contributed by atoms with van der Waals surface area (Å²) < 4.78 is 0. The van der Waals surface area contributed by atoms with Gasteiger partial charge in [0.15, 0.2) is 0 Å². The number of hydrogen-bond donors (Lipinski definition) is 2. The topological polar surface area (TPSA) is 49.3 Å². The van der Waals surface area contributed by atoms with Gasteiger partial charge in [-0.2, -0.15) is 0 Å². The second kappa shape index (κ2) is 7.83. The van der Waals surface area contributed by atoms with Gasteiger partial charge in [-0.1, -0.05) is 35.7 Å². The first-order valence-electron chi connectivity index (χ1n) is 7.12. The molecule has 5 heteroatoms. The van der Waals surface area contributed by atoms with Crippen molar-refractivity contribution < 1.29 is 9.90 Å². The summed E-state index contributed by atoms with van der Waals surface area (Å²) in [4.78, 5) is 11.8. The van der Waals surface area contributed by atoms with Crippen LogP contribution in [-0.2, 0) is 4.79 Å². The number of amides is 1. The Bertz CT molecular complexity index is 511. The van der Waals surface area contributed by atoms with E-state index in [2.05, 4.69) is 5.32 Å². The van der Waals surface area contributed by atoms with Crippen molar-refractivity contribution in [2.24, 2.45) is 11.8 Å². The number of halogens is 2. The number of nitrogens with one attached hydrogen (secondary N) is 1. The van der Waals surface area contributed by atoms with E-state index in [0.717, 1.165) is 19.3 Å². The quantitative estimate of drug-likeness (QED) is 0.813. The van der Waals surface area contributed by atoms with Gasteiger partial charge in [-0.15, -0.1) is 0 Å². The minimum atomic E-state index is -0.172. The van der Waals surface area contributed by atoms with E-state index >= 15 is 0 Å². The van der Waals surface area contributed by atoms with E-state index in [0.29, 0.717) is 34.0 Å². The minimum absolute atomic E-state index is 0.172. The van der Waals surface area contributed by atoms with Gasteiger partial charge in [0.1, 0.15) is 0 Å². The zero-order valence-electron chi connectivity index (χ0n) is 11.7. The van der Waals surface area contributed by atoms with Crippen molar-refractivity contribution in [3.05, 3.63) is 39.9 Å². The normalized spacial score (nSPS) is 21.9. The van der Waals surface area contributed by atoms with Gasteiger partial charge in [-0.25, -0.2) is 0 Å². The summed E-state index contributed by atoms with van der Waals surface area (Å²) in [5.41, 5.74) is 0.644. The van der Waals surface area contributed by atoms with Gasteiger partial charge in [-0.3, -0.25) is 4.79 Å². The van der Waals surface area contributed by atoms with Gasteiger partial charge >= 0.3 is 0 Å². The van der Waals surface area contributed by atoms with Crippen LogP contribution in [0.5, 0.6) is 0 Å². The van der Waals surface area contributed by atoms with E-state index in [9.17, 15) is 9.90 Å². The Labute approximate surface area is 134 Å². The standard InChI is InChI=1S/C16H19Cl2NO2/c17-14-5-2-6-15(18)13(14)7-8-16(21)19-9-11-3-1-4-12(11)10-20/h2,5-8,11-12,20H,1,3-4,9-10H2,(H,19,21).